The predicted molar refractivity (Wildman–Crippen MR) is 205 cm³/mol. The highest BCUT2D eigenvalue weighted by molar-refractivity contribution is 6.35. The predicted octanol–water partition coefficient (Wildman–Crippen LogP) is 7.67. The van der Waals surface area contributed by atoms with Gasteiger partial charge in [0.2, 0.25) is 0 Å². The van der Waals surface area contributed by atoms with Crippen LogP contribution in [0.25, 0.3) is 0 Å². The number of phenolic OH excluding ortho intramolecular Hbond substituents is 1. The number of anilines is 1. The zero-order valence-electron chi connectivity index (χ0n) is 31.5. The van der Waals surface area contributed by atoms with Crippen molar-refractivity contribution in [3.8, 4) is 17.2 Å². The SMILES string of the molecule is COc1ccc(C(Cc2c(Cl)c[n+]([O-])cc2Cl)OC(=O)c2ccc(CN(C(=O)O[C@H]3CN4CCC3CC4)c3cc(O)ccc3C)cc2)cc1OC.O=C(O)C(F)(F)F. The monoisotopic (exact) mass is 849 g/mol. The fourth-order valence-corrected chi connectivity index (χ4v) is 7.29. The second-order valence-corrected chi connectivity index (χ2v) is 14.4. The number of piperidine rings is 3. The van der Waals surface area contributed by atoms with Crippen LogP contribution in [0, 0.1) is 18.0 Å². The lowest BCUT2D eigenvalue weighted by Gasteiger charge is -2.44. The van der Waals surface area contributed by atoms with Crippen LogP contribution in [0.2, 0.25) is 10.0 Å². The number of ether oxygens (including phenoxy) is 4. The molecule has 1 amide bonds. The van der Waals surface area contributed by atoms with E-state index in [1.54, 1.807) is 60.7 Å². The van der Waals surface area contributed by atoms with Crippen LogP contribution in [0.15, 0.2) is 73.1 Å². The number of methoxy groups -OCH3 is 2. The number of halogens is 5. The van der Waals surface area contributed by atoms with Crippen molar-refractivity contribution in [2.45, 2.75) is 51.1 Å². The molecule has 13 nitrogen and oxygen atoms in total. The summed E-state index contributed by atoms with van der Waals surface area (Å²) in [5.41, 5.74) is 3.34. The Kier molecular flexibility index (Phi) is 14.2. The highest BCUT2D eigenvalue weighted by Gasteiger charge is 2.39. The molecule has 2 atom stereocenters. The molecule has 3 aliphatic heterocycles. The summed E-state index contributed by atoms with van der Waals surface area (Å²) in [6.07, 6.45) is -2.22. The number of aromatic hydroxyl groups is 1. The van der Waals surface area contributed by atoms with Gasteiger partial charge in [-0.25, -0.2) is 14.4 Å². The molecule has 1 unspecified atom stereocenters. The molecule has 0 aliphatic carbocycles. The lowest BCUT2D eigenvalue weighted by atomic mass is 9.86. The smallest absolute Gasteiger partial charge is 0.490 e. The Bertz CT molecular complexity index is 2090. The standard InChI is InChI=1S/C38H39Cl2N3O8.C2HF3O2/c1-23-4-10-28(44)17-32(23)43(38(46)51-36-22-41-14-12-25(36)13-15-41)19-24-5-7-26(8-6-24)37(45)50-34(18-29-30(39)20-42(47)21-31(29)40)27-9-11-33(48-2)35(16-27)49-3;3-2(4,5)1(6)7/h4-11,16-17,20-21,25,34,36,44H,12-15,18-19,22H2,1-3H3;(H,6,7)/t34?,36-;/m0./s1. The normalized spacial score (nSPS) is 17.6. The molecule has 0 saturated carbocycles. The van der Waals surface area contributed by atoms with Gasteiger partial charge in [-0.05, 0) is 85.8 Å². The van der Waals surface area contributed by atoms with E-state index in [9.17, 15) is 33.1 Å². The number of carboxylic acids is 1. The number of pyridine rings is 1. The summed E-state index contributed by atoms with van der Waals surface area (Å²) in [5.74, 6) is -2.09. The summed E-state index contributed by atoms with van der Waals surface area (Å²) in [7, 11) is 3.02. The van der Waals surface area contributed by atoms with Crippen molar-refractivity contribution >= 4 is 46.9 Å². The quantitative estimate of drug-likeness (QED) is 0.0866. The van der Waals surface area contributed by atoms with Gasteiger partial charge >= 0.3 is 24.2 Å². The molecule has 4 aromatic rings. The Labute approximate surface area is 341 Å². The Hall–Kier alpha value is -5.45. The number of rotatable bonds is 11. The van der Waals surface area contributed by atoms with Crippen molar-refractivity contribution in [2.75, 3.05) is 38.8 Å². The molecule has 7 rings (SSSR count). The summed E-state index contributed by atoms with van der Waals surface area (Å²) in [6.45, 7) is 4.76. The first kappa shape index (κ1) is 43.7. The van der Waals surface area contributed by atoms with Crippen LogP contribution in [0.5, 0.6) is 17.2 Å². The minimum Gasteiger partial charge on any atom is -0.619 e. The van der Waals surface area contributed by atoms with Gasteiger partial charge < -0.3 is 34.4 Å². The molecule has 0 spiro atoms. The summed E-state index contributed by atoms with van der Waals surface area (Å²) in [5, 5.41) is 29.6. The molecular weight excluding hydrogens is 810 g/mol. The van der Waals surface area contributed by atoms with Gasteiger partial charge in [-0.3, -0.25) is 9.80 Å². The van der Waals surface area contributed by atoms with Gasteiger partial charge in [0.15, 0.2) is 23.9 Å². The number of hydrogen-bond acceptors (Lipinski definition) is 10. The van der Waals surface area contributed by atoms with Gasteiger partial charge in [0.05, 0.1) is 32.0 Å². The highest BCUT2D eigenvalue weighted by Crippen LogP contribution is 2.36. The number of nitrogens with zero attached hydrogens (tertiary/aromatic N) is 3. The number of hydrogen-bond donors (Lipinski definition) is 2. The van der Waals surface area contributed by atoms with E-state index in [0.29, 0.717) is 45.5 Å². The summed E-state index contributed by atoms with van der Waals surface area (Å²) < 4.78 is 55.2. The number of aryl methyl sites for hydroxylation is 1. The topological polar surface area (TPSA) is 162 Å². The number of fused-ring (bicyclic) bond motifs is 3. The fourth-order valence-electron chi connectivity index (χ4n) is 6.69. The van der Waals surface area contributed by atoms with Crippen molar-refractivity contribution in [3.63, 3.8) is 0 Å². The van der Waals surface area contributed by atoms with E-state index >= 15 is 0 Å². The molecule has 3 fully saturated rings. The number of esters is 1. The minimum absolute atomic E-state index is 0.0312. The van der Waals surface area contributed by atoms with Crippen LogP contribution in [-0.2, 0) is 27.2 Å². The number of benzene rings is 3. The van der Waals surface area contributed by atoms with Crippen LogP contribution in [0.4, 0.5) is 23.7 Å². The number of carbonyl (C=O) groups excluding carboxylic acids is 2. The van der Waals surface area contributed by atoms with Gasteiger partial charge in [-0.1, -0.05) is 47.5 Å². The fraction of sp³-hybridized carbons (Fsp3) is 0.350. The summed E-state index contributed by atoms with van der Waals surface area (Å²) in [6, 6.07) is 16.8. The largest absolute Gasteiger partial charge is 0.619 e. The third-order valence-corrected chi connectivity index (χ3v) is 10.5. The zero-order valence-corrected chi connectivity index (χ0v) is 33.0. The lowest BCUT2D eigenvalue weighted by Crippen LogP contribution is -2.53. The van der Waals surface area contributed by atoms with Crippen LogP contribution in [0.3, 0.4) is 0 Å². The second-order valence-electron chi connectivity index (χ2n) is 13.6. The number of phenols is 1. The van der Waals surface area contributed by atoms with Crippen molar-refractivity contribution in [3.05, 3.63) is 116 Å². The van der Waals surface area contributed by atoms with Crippen LogP contribution in [-0.4, -0.2) is 79.3 Å². The van der Waals surface area contributed by atoms with Gasteiger partial charge in [0.1, 0.15) is 28.0 Å². The summed E-state index contributed by atoms with van der Waals surface area (Å²) in [4.78, 5) is 40.1. The third kappa shape index (κ3) is 10.9. The maximum atomic E-state index is 13.8. The average Bonchev–Trinajstić information content (AvgIpc) is 3.19. The molecule has 2 N–H and O–H groups in total. The molecule has 2 bridgehead atoms. The number of carbonyl (C=O) groups is 3. The van der Waals surface area contributed by atoms with Crippen LogP contribution in [0.1, 0.15) is 51.6 Å². The van der Waals surface area contributed by atoms with Crippen LogP contribution >= 0.6 is 23.2 Å². The van der Waals surface area contributed by atoms with E-state index in [-0.39, 0.29) is 40.4 Å². The maximum absolute atomic E-state index is 13.8. The lowest BCUT2D eigenvalue weighted by molar-refractivity contribution is -0.605. The van der Waals surface area contributed by atoms with E-state index in [0.717, 1.165) is 37.1 Å². The molecule has 0 radical (unpaired) electrons. The Morgan fingerprint density at radius 2 is 1.59 bits per heavy atom. The van der Waals surface area contributed by atoms with E-state index in [1.165, 1.54) is 31.5 Å². The van der Waals surface area contributed by atoms with Crippen molar-refractivity contribution < 1.29 is 61.4 Å². The Balaban J connectivity index is 0.000000839. The average molecular weight is 851 g/mol. The molecule has 4 heterocycles. The molecule has 3 aliphatic rings. The van der Waals surface area contributed by atoms with E-state index in [4.69, 9.17) is 52.1 Å². The Morgan fingerprint density at radius 3 is 2.14 bits per heavy atom. The molecule has 18 heteroatoms. The zero-order chi connectivity index (χ0) is 42.3. The van der Waals surface area contributed by atoms with Gasteiger partial charge in [-0.15, -0.1) is 0 Å². The molecule has 58 heavy (non-hydrogen) atoms. The first-order valence-electron chi connectivity index (χ1n) is 17.9. The van der Waals surface area contributed by atoms with Crippen molar-refractivity contribution in [1.29, 1.82) is 0 Å². The summed E-state index contributed by atoms with van der Waals surface area (Å²) >= 11 is 12.8. The number of carboxylic acid groups (broad SMARTS) is 1. The molecular formula is C40H40Cl2F3N3O10. The highest BCUT2D eigenvalue weighted by atomic mass is 35.5. The number of amides is 1. The first-order chi connectivity index (χ1) is 27.5. The Morgan fingerprint density at radius 1 is 0.966 bits per heavy atom. The van der Waals surface area contributed by atoms with E-state index in [1.807, 2.05) is 6.92 Å². The second kappa shape index (κ2) is 18.9. The number of alkyl halides is 3. The first-order valence-corrected chi connectivity index (χ1v) is 18.6. The van der Waals surface area contributed by atoms with Crippen LogP contribution < -0.4 is 19.1 Å². The van der Waals surface area contributed by atoms with E-state index in [2.05, 4.69) is 4.90 Å². The molecule has 3 saturated heterocycles. The van der Waals surface area contributed by atoms with E-state index < -0.39 is 30.3 Å². The number of aromatic nitrogens is 1. The van der Waals surface area contributed by atoms with Crippen molar-refractivity contribution in [2.24, 2.45) is 5.92 Å². The van der Waals surface area contributed by atoms with Gasteiger partial charge in [0, 0.05) is 24.6 Å². The van der Waals surface area contributed by atoms with Crippen molar-refractivity contribution in [1.82, 2.24) is 4.90 Å². The van der Waals surface area contributed by atoms with Gasteiger partial charge in [0.25, 0.3) is 0 Å². The van der Waals surface area contributed by atoms with Gasteiger partial charge in [-0.2, -0.15) is 17.9 Å². The maximum Gasteiger partial charge on any atom is 0.490 e. The minimum atomic E-state index is -5.08. The third-order valence-electron chi connectivity index (χ3n) is 9.80. The number of aliphatic carboxylic acids is 1. The molecule has 310 valence electrons. The molecule has 3 aromatic carbocycles. The molecule has 1 aromatic heterocycles.